The van der Waals surface area contributed by atoms with Crippen LogP contribution in [0.2, 0.25) is 10.0 Å². The molecule has 3 aromatic rings. The lowest BCUT2D eigenvalue weighted by Gasteiger charge is -2.49. The molecule has 1 fully saturated rings. The number of aryl methyl sites for hydroxylation is 1. The maximum atomic E-state index is 15.0. The van der Waals surface area contributed by atoms with Crippen molar-refractivity contribution in [3.63, 3.8) is 0 Å². The van der Waals surface area contributed by atoms with Crippen molar-refractivity contribution in [1.82, 2.24) is 10.0 Å². The SMILES string of the molecule is CCCOC(=O)N1C[C@@]2(c3ccc(Cl)cc31)[C@H](c1cc(Cl)ccc1OC(CC)(CC)C(=O)NS(C)(=O)=O)CCN[C@H]2c1cc(F)ccc1C. The lowest BCUT2D eigenvalue weighted by atomic mass is 9.59. The van der Waals surface area contributed by atoms with Crippen molar-refractivity contribution in [2.45, 2.75) is 76.4 Å². The number of nitrogens with zero attached hydrogens (tertiary/aromatic N) is 1. The number of nitrogens with one attached hydrogen (secondary N) is 2. The van der Waals surface area contributed by atoms with E-state index in [0.717, 1.165) is 22.9 Å². The van der Waals surface area contributed by atoms with Crippen LogP contribution in [0.15, 0.2) is 54.6 Å². The minimum Gasteiger partial charge on any atom is -0.477 e. The Hall–Kier alpha value is -3.38. The Kier molecular flexibility index (Phi) is 10.9. The maximum absolute atomic E-state index is 15.0. The molecular weight excluding hydrogens is 692 g/mol. The van der Waals surface area contributed by atoms with E-state index in [1.165, 1.54) is 12.1 Å². The average Bonchev–Trinajstić information content (AvgIpc) is 3.37. The largest absolute Gasteiger partial charge is 0.477 e. The number of hydrogen-bond acceptors (Lipinski definition) is 7. The number of benzene rings is 3. The number of ether oxygens (including phenoxy) is 2. The van der Waals surface area contributed by atoms with E-state index in [-0.39, 0.29) is 26.0 Å². The number of hydrogen-bond donors (Lipinski definition) is 2. The molecular formula is C36H42Cl2FN3O6S. The zero-order valence-corrected chi connectivity index (χ0v) is 30.6. The Bertz CT molecular complexity index is 1850. The topological polar surface area (TPSA) is 114 Å². The summed E-state index contributed by atoms with van der Waals surface area (Å²) in [5.41, 5.74) is 1.16. The van der Waals surface area contributed by atoms with Gasteiger partial charge in [-0.05, 0) is 104 Å². The molecule has 9 nitrogen and oxygen atoms in total. The van der Waals surface area contributed by atoms with Crippen molar-refractivity contribution < 1.29 is 31.9 Å². The second kappa shape index (κ2) is 14.5. The summed E-state index contributed by atoms with van der Waals surface area (Å²) in [5, 5.41) is 4.51. The number of sulfonamides is 1. The van der Waals surface area contributed by atoms with Crippen LogP contribution >= 0.6 is 23.2 Å². The molecule has 0 aliphatic carbocycles. The van der Waals surface area contributed by atoms with Crippen LogP contribution in [0.5, 0.6) is 5.75 Å². The first kappa shape index (κ1) is 36.9. The van der Waals surface area contributed by atoms with Gasteiger partial charge in [-0.1, -0.05) is 56.1 Å². The first-order chi connectivity index (χ1) is 23.2. The first-order valence-corrected chi connectivity index (χ1v) is 19.1. The van der Waals surface area contributed by atoms with E-state index < -0.39 is 50.8 Å². The molecule has 3 atom stereocenters. The summed E-state index contributed by atoms with van der Waals surface area (Å²) in [6.07, 6.45) is 1.92. The van der Waals surface area contributed by atoms with Gasteiger partial charge in [-0.3, -0.25) is 9.69 Å². The van der Waals surface area contributed by atoms with Crippen molar-refractivity contribution in [1.29, 1.82) is 0 Å². The van der Waals surface area contributed by atoms with Gasteiger partial charge in [-0.2, -0.15) is 0 Å². The number of fused-ring (bicyclic) bond motifs is 2. The number of piperidine rings is 1. The monoisotopic (exact) mass is 733 g/mol. The van der Waals surface area contributed by atoms with Crippen molar-refractivity contribution in [3.8, 4) is 5.75 Å². The zero-order chi connectivity index (χ0) is 35.7. The van der Waals surface area contributed by atoms with Crippen LogP contribution in [0, 0.1) is 12.7 Å². The van der Waals surface area contributed by atoms with Gasteiger partial charge in [0.25, 0.3) is 5.91 Å². The molecule has 2 aliphatic rings. The smallest absolute Gasteiger partial charge is 0.414 e. The van der Waals surface area contributed by atoms with E-state index in [2.05, 4.69) is 10.0 Å². The van der Waals surface area contributed by atoms with Crippen LogP contribution in [0.1, 0.15) is 80.7 Å². The summed E-state index contributed by atoms with van der Waals surface area (Å²) in [6.45, 7) is 8.24. The molecule has 1 spiro atoms. The third kappa shape index (κ3) is 7.13. The lowest BCUT2D eigenvalue weighted by Crippen LogP contribution is -2.55. The fourth-order valence-corrected chi connectivity index (χ4v) is 8.27. The van der Waals surface area contributed by atoms with E-state index in [1.54, 1.807) is 55.1 Å². The number of carbonyl (C=O) groups is 2. The Morgan fingerprint density at radius 3 is 2.41 bits per heavy atom. The highest BCUT2D eigenvalue weighted by atomic mass is 35.5. The number of anilines is 1. The van der Waals surface area contributed by atoms with Gasteiger partial charge in [0.2, 0.25) is 10.0 Å². The quantitative estimate of drug-likeness (QED) is 0.221. The van der Waals surface area contributed by atoms with Gasteiger partial charge >= 0.3 is 6.09 Å². The molecule has 2 heterocycles. The summed E-state index contributed by atoms with van der Waals surface area (Å²) in [5.74, 6) is -1.24. The number of halogens is 3. The summed E-state index contributed by atoms with van der Waals surface area (Å²) in [6, 6.07) is 14.7. The van der Waals surface area contributed by atoms with Crippen molar-refractivity contribution >= 4 is 50.9 Å². The second-order valence-corrected chi connectivity index (χ2v) is 15.4. The molecule has 0 radical (unpaired) electrons. The van der Waals surface area contributed by atoms with Gasteiger partial charge in [0.05, 0.1) is 18.6 Å². The van der Waals surface area contributed by atoms with Gasteiger partial charge in [-0.15, -0.1) is 0 Å². The highest BCUT2D eigenvalue weighted by molar-refractivity contribution is 7.89. The predicted molar refractivity (Wildman–Crippen MR) is 190 cm³/mol. The molecule has 0 unspecified atom stereocenters. The van der Waals surface area contributed by atoms with Crippen LogP contribution in [-0.2, 0) is 25.0 Å². The van der Waals surface area contributed by atoms with E-state index >= 15 is 4.39 Å². The second-order valence-electron chi connectivity index (χ2n) is 12.8. The Morgan fingerprint density at radius 2 is 1.73 bits per heavy atom. The summed E-state index contributed by atoms with van der Waals surface area (Å²) in [4.78, 5) is 28.8. The molecule has 5 rings (SSSR count). The zero-order valence-electron chi connectivity index (χ0n) is 28.2. The summed E-state index contributed by atoms with van der Waals surface area (Å²) < 4.78 is 53.7. The van der Waals surface area contributed by atoms with Crippen molar-refractivity contribution in [2.24, 2.45) is 0 Å². The molecule has 2 aliphatic heterocycles. The fraction of sp³-hybridized carbons (Fsp3) is 0.444. The molecule has 3 aromatic carbocycles. The van der Waals surface area contributed by atoms with E-state index in [4.69, 9.17) is 32.7 Å². The van der Waals surface area contributed by atoms with Gasteiger partial charge in [0.15, 0.2) is 5.60 Å². The Balaban J connectivity index is 1.76. The van der Waals surface area contributed by atoms with Crippen molar-refractivity contribution in [2.75, 3.05) is 30.9 Å². The number of rotatable bonds is 10. The normalized spacial score (nSPS) is 20.6. The van der Waals surface area contributed by atoms with E-state index in [1.807, 2.05) is 19.9 Å². The molecule has 264 valence electrons. The number of amides is 2. The molecule has 0 saturated carbocycles. The third-order valence-electron chi connectivity index (χ3n) is 9.78. The van der Waals surface area contributed by atoms with Gasteiger partial charge in [0.1, 0.15) is 11.6 Å². The third-order valence-corrected chi connectivity index (χ3v) is 10.8. The summed E-state index contributed by atoms with van der Waals surface area (Å²) >= 11 is 13.2. The molecule has 0 aromatic heterocycles. The highest BCUT2D eigenvalue weighted by Gasteiger charge is 2.58. The average molecular weight is 735 g/mol. The molecule has 49 heavy (non-hydrogen) atoms. The van der Waals surface area contributed by atoms with E-state index in [0.29, 0.717) is 46.4 Å². The minimum atomic E-state index is -3.88. The minimum absolute atomic E-state index is 0.150. The van der Waals surface area contributed by atoms with Crippen LogP contribution in [-0.4, -0.2) is 52.0 Å². The van der Waals surface area contributed by atoms with Crippen molar-refractivity contribution in [3.05, 3.63) is 92.7 Å². The number of carbonyl (C=O) groups excluding carboxylic acids is 2. The van der Waals surface area contributed by atoms with E-state index in [9.17, 15) is 18.0 Å². The maximum Gasteiger partial charge on any atom is 0.414 e. The summed E-state index contributed by atoms with van der Waals surface area (Å²) in [7, 11) is -3.88. The predicted octanol–water partition coefficient (Wildman–Crippen LogP) is 7.58. The Morgan fingerprint density at radius 1 is 1.04 bits per heavy atom. The fourth-order valence-electron chi connectivity index (χ4n) is 7.40. The molecule has 2 amide bonds. The first-order valence-electron chi connectivity index (χ1n) is 16.4. The highest BCUT2D eigenvalue weighted by Crippen LogP contribution is 2.60. The van der Waals surface area contributed by atoms with Crippen LogP contribution < -0.4 is 19.7 Å². The molecule has 13 heteroatoms. The van der Waals surface area contributed by atoms with Crippen LogP contribution in [0.4, 0.5) is 14.9 Å². The Labute approximate surface area is 297 Å². The standard InChI is InChI=1S/C36H42Cl2FN3O6S/c1-6-17-47-34(44)42-21-36(29-13-10-24(38)19-30(29)42)28(15-16-40-32(36)26-20-25(39)12-9-22(26)4)27-18-23(37)11-14-31(27)48-35(7-2,8-3)33(43)41-49(5,45)46/h9-14,18-20,28,32,40H,6-8,15-17,21H2,1-5H3,(H,41,43)/t28-,32-,36-/m0/s1. The molecule has 2 N–H and O–H groups in total. The van der Waals surface area contributed by atoms with Gasteiger partial charge in [0, 0.05) is 34.0 Å². The van der Waals surface area contributed by atoms with Crippen LogP contribution in [0.25, 0.3) is 0 Å². The molecule has 1 saturated heterocycles. The van der Waals surface area contributed by atoms with Crippen LogP contribution in [0.3, 0.4) is 0 Å². The molecule has 0 bridgehead atoms. The lowest BCUT2D eigenvalue weighted by molar-refractivity contribution is -0.135. The van der Waals surface area contributed by atoms with Gasteiger partial charge in [-0.25, -0.2) is 22.3 Å². The van der Waals surface area contributed by atoms with Gasteiger partial charge < -0.3 is 14.8 Å².